The molecule has 0 spiro atoms. The third-order valence-electron chi connectivity index (χ3n) is 2.35. The van der Waals surface area contributed by atoms with E-state index >= 15 is 0 Å². The van der Waals surface area contributed by atoms with Gasteiger partial charge in [0.2, 0.25) is 0 Å². The van der Waals surface area contributed by atoms with Gasteiger partial charge in [-0.1, -0.05) is 5.16 Å². The summed E-state index contributed by atoms with van der Waals surface area (Å²) in [5.41, 5.74) is 8.01. The highest BCUT2D eigenvalue weighted by Crippen LogP contribution is 2.25. The molecule has 0 atom stereocenters. The standard InChI is InChI=1S/C11H10N2O3/c1-6-4-7(9-2-3-16-13-9)5-8(10(6)12)11(14)15/h2-5H,12H2,1H3,(H,14,15). The predicted molar refractivity (Wildman–Crippen MR) is 58.0 cm³/mol. The van der Waals surface area contributed by atoms with Gasteiger partial charge in [-0.25, -0.2) is 4.79 Å². The van der Waals surface area contributed by atoms with Crippen LogP contribution in [0.5, 0.6) is 0 Å². The number of aromatic carboxylic acids is 1. The van der Waals surface area contributed by atoms with E-state index in [-0.39, 0.29) is 11.3 Å². The number of nitrogen functional groups attached to an aromatic ring is 1. The first-order valence-corrected chi connectivity index (χ1v) is 4.63. The Morgan fingerprint density at radius 2 is 2.25 bits per heavy atom. The van der Waals surface area contributed by atoms with E-state index in [2.05, 4.69) is 5.16 Å². The summed E-state index contributed by atoms with van der Waals surface area (Å²) < 4.78 is 4.71. The number of hydrogen-bond acceptors (Lipinski definition) is 4. The van der Waals surface area contributed by atoms with Crippen molar-refractivity contribution in [1.82, 2.24) is 5.16 Å². The van der Waals surface area contributed by atoms with Crippen LogP contribution in [0.15, 0.2) is 29.0 Å². The number of hydrogen-bond donors (Lipinski definition) is 2. The fraction of sp³-hybridized carbons (Fsp3) is 0.0909. The van der Waals surface area contributed by atoms with E-state index in [9.17, 15) is 4.79 Å². The third-order valence-corrected chi connectivity index (χ3v) is 2.35. The monoisotopic (exact) mass is 218 g/mol. The number of benzene rings is 1. The zero-order valence-electron chi connectivity index (χ0n) is 8.60. The molecular formula is C11H10N2O3. The molecule has 0 bridgehead atoms. The van der Waals surface area contributed by atoms with Crippen molar-refractivity contribution in [2.75, 3.05) is 5.73 Å². The second-order valence-corrected chi connectivity index (χ2v) is 3.44. The van der Waals surface area contributed by atoms with Crippen LogP contribution in [0.25, 0.3) is 11.3 Å². The summed E-state index contributed by atoms with van der Waals surface area (Å²) in [4.78, 5) is 11.0. The molecule has 3 N–H and O–H groups in total. The van der Waals surface area contributed by atoms with Gasteiger partial charge in [0.1, 0.15) is 12.0 Å². The molecule has 2 aromatic rings. The van der Waals surface area contributed by atoms with E-state index in [1.807, 2.05) is 0 Å². The Kier molecular flexibility index (Phi) is 2.36. The number of aromatic nitrogens is 1. The van der Waals surface area contributed by atoms with Crippen LogP contribution >= 0.6 is 0 Å². The number of nitrogens with two attached hydrogens (primary N) is 1. The molecule has 0 saturated carbocycles. The van der Waals surface area contributed by atoms with Gasteiger partial charge in [-0.3, -0.25) is 0 Å². The number of rotatable bonds is 2. The van der Waals surface area contributed by atoms with E-state index < -0.39 is 5.97 Å². The van der Waals surface area contributed by atoms with Crippen molar-refractivity contribution in [2.45, 2.75) is 6.92 Å². The molecular weight excluding hydrogens is 208 g/mol. The molecule has 0 radical (unpaired) electrons. The lowest BCUT2D eigenvalue weighted by atomic mass is 10.0. The molecule has 1 aromatic carbocycles. The van der Waals surface area contributed by atoms with Gasteiger partial charge < -0.3 is 15.4 Å². The van der Waals surface area contributed by atoms with Crippen LogP contribution in [0.3, 0.4) is 0 Å². The third kappa shape index (κ3) is 1.63. The van der Waals surface area contributed by atoms with Crippen LogP contribution in [-0.2, 0) is 0 Å². The first-order valence-electron chi connectivity index (χ1n) is 4.63. The normalized spacial score (nSPS) is 10.3. The maximum atomic E-state index is 11.0. The number of carbonyl (C=O) groups is 1. The maximum absolute atomic E-state index is 11.0. The second-order valence-electron chi connectivity index (χ2n) is 3.44. The Labute approximate surface area is 91.5 Å². The summed E-state index contributed by atoms with van der Waals surface area (Å²) in [7, 11) is 0. The average molecular weight is 218 g/mol. The van der Waals surface area contributed by atoms with E-state index in [0.717, 1.165) is 0 Å². The Bertz CT molecular complexity index is 532. The van der Waals surface area contributed by atoms with E-state index in [0.29, 0.717) is 16.8 Å². The van der Waals surface area contributed by atoms with E-state index in [1.54, 1.807) is 19.1 Å². The summed E-state index contributed by atoms with van der Waals surface area (Å²) in [6.07, 6.45) is 1.43. The topological polar surface area (TPSA) is 89.3 Å². The Balaban J connectivity index is 2.62. The van der Waals surface area contributed by atoms with Crippen molar-refractivity contribution in [3.05, 3.63) is 35.6 Å². The van der Waals surface area contributed by atoms with Crippen LogP contribution in [0, 0.1) is 6.92 Å². The van der Waals surface area contributed by atoms with E-state index in [1.165, 1.54) is 12.3 Å². The van der Waals surface area contributed by atoms with E-state index in [4.69, 9.17) is 15.4 Å². The van der Waals surface area contributed by atoms with Gasteiger partial charge >= 0.3 is 5.97 Å². The number of carboxylic acids is 1. The number of carboxylic acid groups (broad SMARTS) is 1. The highest BCUT2D eigenvalue weighted by atomic mass is 16.5. The Morgan fingerprint density at radius 3 is 2.81 bits per heavy atom. The molecule has 0 aliphatic heterocycles. The fourth-order valence-corrected chi connectivity index (χ4v) is 1.48. The predicted octanol–water partition coefficient (Wildman–Crippen LogP) is 1.93. The zero-order chi connectivity index (χ0) is 11.7. The van der Waals surface area contributed by atoms with Crippen molar-refractivity contribution >= 4 is 11.7 Å². The molecule has 2 rings (SSSR count). The minimum Gasteiger partial charge on any atom is -0.478 e. The van der Waals surface area contributed by atoms with Gasteiger partial charge in [0, 0.05) is 17.3 Å². The molecule has 0 unspecified atom stereocenters. The SMILES string of the molecule is Cc1cc(-c2ccon2)cc(C(=O)O)c1N. The van der Waals surface area contributed by atoms with Crippen molar-refractivity contribution in [3.63, 3.8) is 0 Å². The van der Waals surface area contributed by atoms with Crippen molar-refractivity contribution in [3.8, 4) is 11.3 Å². The van der Waals surface area contributed by atoms with Crippen LogP contribution in [0.2, 0.25) is 0 Å². The lowest BCUT2D eigenvalue weighted by Gasteiger charge is -2.06. The number of aryl methyl sites for hydroxylation is 1. The van der Waals surface area contributed by atoms with Crippen LogP contribution in [0.1, 0.15) is 15.9 Å². The number of nitrogens with zero attached hydrogens (tertiary/aromatic N) is 1. The second kappa shape index (κ2) is 3.69. The minimum atomic E-state index is -1.05. The molecule has 1 aromatic heterocycles. The summed E-state index contributed by atoms with van der Waals surface area (Å²) in [6, 6.07) is 4.93. The summed E-state index contributed by atoms with van der Waals surface area (Å²) in [6.45, 7) is 1.76. The smallest absolute Gasteiger partial charge is 0.337 e. The first-order chi connectivity index (χ1) is 7.59. The van der Waals surface area contributed by atoms with Gasteiger partial charge in [-0.05, 0) is 24.6 Å². The van der Waals surface area contributed by atoms with Gasteiger partial charge in [0.25, 0.3) is 0 Å². The fourth-order valence-electron chi connectivity index (χ4n) is 1.48. The van der Waals surface area contributed by atoms with Crippen molar-refractivity contribution < 1.29 is 14.4 Å². The largest absolute Gasteiger partial charge is 0.478 e. The molecule has 0 aliphatic carbocycles. The van der Waals surface area contributed by atoms with Crippen molar-refractivity contribution in [2.24, 2.45) is 0 Å². The summed E-state index contributed by atoms with van der Waals surface area (Å²) >= 11 is 0. The summed E-state index contributed by atoms with van der Waals surface area (Å²) in [5, 5.41) is 12.7. The van der Waals surface area contributed by atoms with Crippen LogP contribution < -0.4 is 5.73 Å². The van der Waals surface area contributed by atoms with Crippen LogP contribution in [-0.4, -0.2) is 16.2 Å². The molecule has 0 amide bonds. The average Bonchev–Trinajstić information content (AvgIpc) is 2.74. The van der Waals surface area contributed by atoms with Gasteiger partial charge in [0.05, 0.1) is 5.56 Å². The van der Waals surface area contributed by atoms with Gasteiger partial charge in [-0.15, -0.1) is 0 Å². The Hall–Kier alpha value is -2.30. The lowest BCUT2D eigenvalue weighted by molar-refractivity contribution is 0.0698. The molecule has 1 heterocycles. The van der Waals surface area contributed by atoms with Crippen LogP contribution in [0.4, 0.5) is 5.69 Å². The minimum absolute atomic E-state index is 0.0815. The highest BCUT2D eigenvalue weighted by Gasteiger charge is 2.13. The molecule has 16 heavy (non-hydrogen) atoms. The van der Waals surface area contributed by atoms with Gasteiger partial charge in [-0.2, -0.15) is 0 Å². The van der Waals surface area contributed by atoms with Crippen molar-refractivity contribution in [1.29, 1.82) is 0 Å². The molecule has 5 heteroatoms. The molecule has 0 fully saturated rings. The summed E-state index contributed by atoms with van der Waals surface area (Å²) in [5.74, 6) is -1.05. The molecule has 82 valence electrons. The van der Waals surface area contributed by atoms with Gasteiger partial charge in [0.15, 0.2) is 0 Å². The first kappa shape index (κ1) is 10.2. The highest BCUT2D eigenvalue weighted by molar-refractivity contribution is 5.96. The lowest BCUT2D eigenvalue weighted by Crippen LogP contribution is -2.04. The zero-order valence-corrected chi connectivity index (χ0v) is 8.60. The Morgan fingerprint density at radius 1 is 1.50 bits per heavy atom. The molecule has 0 saturated heterocycles. The maximum Gasteiger partial charge on any atom is 0.337 e. The molecule has 5 nitrogen and oxygen atoms in total. The molecule has 0 aliphatic rings. The quantitative estimate of drug-likeness (QED) is 0.751. The number of anilines is 1.